The first-order valence-electron chi connectivity index (χ1n) is 6.03. The minimum atomic E-state index is -0.492. The maximum atomic E-state index is 13.3. The molecule has 2 rings (SSSR count). The molecule has 1 nitrogen and oxygen atoms in total. The number of carbonyl (C=O) groups excluding carboxylic acids is 1. The van der Waals surface area contributed by atoms with Gasteiger partial charge in [0.15, 0.2) is 5.78 Å². The van der Waals surface area contributed by atoms with E-state index in [1.807, 2.05) is 32.0 Å². The Morgan fingerprint density at radius 1 is 1.11 bits per heavy atom. The van der Waals surface area contributed by atoms with Crippen molar-refractivity contribution in [3.05, 3.63) is 69.5 Å². The predicted octanol–water partition coefficient (Wildman–Crippen LogP) is 4.52. The van der Waals surface area contributed by atoms with Crippen molar-refractivity contribution < 1.29 is 9.18 Å². The molecule has 0 aromatic heterocycles. The summed E-state index contributed by atoms with van der Waals surface area (Å²) in [7, 11) is 0. The van der Waals surface area contributed by atoms with Crippen LogP contribution in [0.2, 0.25) is 5.02 Å². The monoisotopic (exact) mass is 276 g/mol. The van der Waals surface area contributed by atoms with Crippen LogP contribution < -0.4 is 0 Å². The number of Topliss-reactive ketones (excluding diaryl/α,β-unsaturated/α-hetero) is 1. The molecule has 0 spiro atoms. The number of aryl methyl sites for hydroxylation is 2. The minimum absolute atomic E-state index is 0.0297. The fraction of sp³-hybridized carbons (Fsp3) is 0.188. The summed E-state index contributed by atoms with van der Waals surface area (Å²) in [6.07, 6.45) is 0.113. The molecule has 0 saturated heterocycles. The van der Waals surface area contributed by atoms with Crippen LogP contribution in [0.1, 0.15) is 27.0 Å². The van der Waals surface area contributed by atoms with E-state index in [1.165, 1.54) is 6.07 Å². The number of carbonyl (C=O) groups is 1. The molecule has 0 aliphatic heterocycles. The van der Waals surface area contributed by atoms with E-state index in [2.05, 4.69) is 0 Å². The Balaban J connectivity index is 2.34. The second kappa shape index (κ2) is 5.54. The molecule has 0 atom stereocenters. The van der Waals surface area contributed by atoms with Crippen molar-refractivity contribution >= 4 is 17.4 Å². The van der Waals surface area contributed by atoms with Crippen LogP contribution in [0, 0.1) is 19.7 Å². The molecule has 3 heteroatoms. The Morgan fingerprint density at radius 3 is 2.32 bits per heavy atom. The summed E-state index contributed by atoms with van der Waals surface area (Å²) < 4.78 is 13.3. The normalized spacial score (nSPS) is 10.5. The van der Waals surface area contributed by atoms with Gasteiger partial charge in [-0.2, -0.15) is 0 Å². The Kier molecular flexibility index (Phi) is 4.01. The third kappa shape index (κ3) is 2.85. The van der Waals surface area contributed by atoms with Gasteiger partial charge >= 0.3 is 0 Å². The molecule has 0 aliphatic rings. The maximum absolute atomic E-state index is 13.3. The van der Waals surface area contributed by atoms with Crippen molar-refractivity contribution in [2.75, 3.05) is 0 Å². The molecule has 19 heavy (non-hydrogen) atoms. The van der Waals surface area contributed by atoms with Crippen LogP contribution in [0.15, 0.2) is 36.4 Å². The Labute approximate surface area is 117 Å². The minimum Gasteiger partial charge on any atom is -0.294 e. The Bertz CT molecular complexity index is 614. The van der Waals surface area contributed by atoms with E-state index in [-0.39, 0.29) is 17.2 Å². The topological polar surface area (TPSA) is 17.1 Å². The Hall–Kier alpha value is -1.67. The molecule has 0 N–H and O–H groups in total. The molecule has 2 aromatic carbocycles. The number of halogens is 2. The highest BCUT2D eigenvalue weighted by Crippen LogP contribution is 2.23. The molecule has 0 fully saturated rings. The SMILES string of the molecule is Cc1cccc(C)c1C(=O)Cc1cccc(F)c1Cl. The summed E-state index contributed by atoms with van der Waals surface area (Å²) in [6.45, 7) is 3.79. The second-order valence-corrected chi connectivity index (χ2v) is 4.96. The van der Waals surface area contributed by atoms with Crippen LogP contribution in [0.25, 0.3) is 0 Å². The highest BCUT2D eigenvalue weighted by molar-refractivity contribution is 6.31. The van der Waals surface area contributed by atoms with Gasteiger partial charge in [-0.25, -0.2) is 4.39 Å². The average Bonchev–Trinajstić information content (AvgIpc) is 2.35. The van der Waals surface area contributed by atoms with Crippen LogP contribution in [-0.2, 0) is 6.42 Å². The number of hydrogen-bond donors (Lipinski definition) is 0. The van der Waals surface area contributed by atoms with Crippen molar-refractivity contribution in [2.45, 2.75) is 20.3 Å². The van der Waals surface area contributed by atoms with Gasteiger partial charge in [-0.15, -0.1) is 0 Å². The van der Waals surface area contributed by atoms with Crippen molar-refractivity contribution in [1.82, 2.24) is 0 Å². The van der Waals surface area contributed by atoms with Crippen molar-refractivity contribution in [1.29, 1.82) is 0 Å². The predicted molar refractivity (Wildman–Crippen MR) is 75.4 cm³/mol. The second-order valence-electron chi connectivity index (χ2n) is 4.58. The lowest BCUT2D eigenvalue weighted by molar-refractivity contribution is 0.0992. The van der Waals surface area contributed by atoms with E-state index in [0.29, 0.717) is 11.1 Å². The summed E-state index contributed by atoms with van der Waals surface area (Å²) in [4.78, 5) is 12.3. The maximum Gasteiger partial charge on any atom is 0.167 e. The van der Waals surface area contributed by atoms with Gasteiger partial charge in [-0.1, -0.05) is 41.9 Å². The first-order valence-corrected chi connectivity index (χ1v) is 6.41. The van der Waals surface area contributed by atoms with Crippen LogP contribution in [0.4, 0.5) is 4.39 Å². The Morgan fingerprint density at radius 2 is 1.68 bits per heavy atom. The van der Waals surface area contributed by atoms with E-state index in [4.69, 9.17) is 11.6 Å². The summed E-state index contributed by atoms with van der Waals surface area (Å²) in [5.74, 6) is -0.531. The lowest BCUT2D eigenvalue weighted by Gasteiger charge is -2.09. The quantitative estimate of drug-likeness (QED) is 0.753. The van der Waals surface area contributed by atoms with Gasteiger partial charge in [-0.05, 0) is 36.6 Å². The van der Waals surface area contributed by atoms with Crippen LogP contribution >= 0.6 is 11.6 Å². The molecule has 98 valence electrons. The molecule has 0 radical (unpaired) electrons. The summed E-state index contributed by atoms with van der Waals surface area (Å²) in [5, 5.41) is 0.0297. The van der Waals surface area contributed by atoms with E-state index in [1.54, 1.807) is 12.1 Å². The van der Waals surface area contributed by atoms with Gasteiger partial charge < -0.3 is 0 Å². The molecule has 0 saturated carbocycles. The zero-order valence-electron chi connectivity index (χ0n) is 10.8. The number of ketones is 1. The van der Waals surface area contributed by atoms with Gasteiger partial charge in [0.25, 0.3) is 0 Å². The molecule has 0 aliphatic carbocycles. The molecule has 0 heterocycles. The van der Waals surface area contributed by atoms with Gasteiger partial charge in [-0.3, -0.25) is 4.79 Å². The first kappa shape index (κ1) is 13.8. The van der Waals surface area contributed by atoms with E-state index >= 15 is 0 Å². The number of rotatable bonds is 3. The van der Waals surface area contributed by atoms with Gasteiger partial charge in [0.2, 0.25) is 0 Å². The summed E-state index contributed by atoms with van der Waals surface area (Å²) >= 11 is 5.88. The van der Waals surface area contributed by atoms with Gasteiger partial charge in [0.05, 0.1) is 5.02 Å². The lowest BCUT2D eigenvalue weighted by Crippen LogP contribution is -2.08. The number of hydrogen-bond acceptors (Lipinski definition) is 1. The van der Waals surface area contributed by atoms with Crippen LogP contribution in [0.3, 0.4) is 0 Å². The summed E-state index contributed by atoms with van der Waals surface area (Å²) in [5.41, 5.74) is 3.08. The van der Waals surface area contributed by atoms with Crippen LogP contribution in [-0.4, -0.2) is 5.78 Å². The first-order chi connectivity index (χ1) is 9.00. The highest BCUT2D eigenvalue weighted by atomic mass is 35.5. The molecule has 0 bridgehead atoms. The largest absolute Gasteiger partial charge is 0.294 e. The number of benzene rings is 2. The molecular formula is C16H14ClFO. The zero-order chi connectivity index (χ0) is 14.0. The molecule has 0 amide bonds. The van der Waals surface area contributed by atoms with Crippen LogP contribution in [0.5, 0.6) is 0 Å². The molecular weight excluding hydrogens is 263 g/mol. The molecule has 0 unspecified atom stereocenters. The third-order valence-electron chi connectivity index (χ3n) is 3.14. The average molecular weight is 277 g/mol. The van der Waals surface area contributed by atoms with Gasteiger partial charge in [0.1, 0.15) is 5.82 Å². The zero-order valence-corrected chi connectivity index (χ0v) is 11.6. The van der Waals surface area contributed by atoms with Crippen molar-refractivity contribution in [3.8, 4) is 0 Å². The van der Waals surface area contributed by atoms with Gasteiger partial charge in [0, 0.05) is 12.0 Å². The smallest absolute Gasteiger partial charge is 0.167 e. The van der Waals surface area contributed by atoms with Crippen molar-refractivity contribution in [2.24, 2.45) is 0 Å². The lowest BCUT2D eigenvalue weighted by atomic mass is 9.95. The summed E-state index contributed by atoms with van der Waals surface area (Å²) in [6, 6.07) is 10.2. The van der Waals surface area contributed by atoms with E-state index < -0.39 is 5.82 Å². The third-order valence-corrected chi connectivity index (χ3v) is 3.57. The standard InChI is InChI=1S/C16H14ClFO/c1-10-5-3-6-11(2)15(10)14(19)9-12-7-4-8-13(18)16(12)17/h3-8H,9H2,1-2H3. The fourth-order valence-electron chi connectivity index (χ4n) is 2.20. The molecule has 2 aromatic rings. The highest BCUT2D eigenvalue weighted by Gasteiger charge is 2.15. The van der Waals surface area contributed by atoms with E-state index in [9.17, 15) is 9.18 Å². The van der Waals surface area contributed by atoms with Crippen molar-refractivity contribution in [3.63, 3.8) is 0 Å². The fourth-order valence-corrected chi connectivity index (χ4v) is 2.39. The van der Waals surface area contributed by atoms with E-state index in [0.717, 1.165) is 11.1 Å².